The van der Waals surface area contributed by atoms with Gasteiger partial charge in [-0.2, -0.15) is 0 Å². The molecule has 2 nitrogen and oxygen atoms in total. The van der Waals surface area contributed by atoms with E-state index < -0.39 is 0 Å². The van der Waals surface area contributed by atoms with Crippen LogP contribution in [0, 0.1) is 34.5 Å². The molecule has 4 aliphatic rings. The minimum Gasteiger partial charge on any atom is -0.393 e. The molecule has 0 aliphatic heterocycles. The molecule has 0 heterocycles. The molecular weight excluding hydrogens is 284 g/mol. The fourth-order valence-electron chi connectivity index (χ4n) is 6.77. The van der Waals surface area contributed by atoms with E-state index in [2.05, 4.69) is 26.5 Å². The van der Waals surface area contributed by atoms with E-state index in [1.165, 1.54) is 31.3 Å². The van der Waals surface area contributed by atoms with Gasteiger partial charge in [0.2, 0.25) is 0 Å². The van der Waals surface area contributed by atoms with Crippen molar-refractivity contribution in [3.63, 3.8) is 0 Å². The molecule has 4 rings (SSSR count). The summed E-state index contributed by atoms with van der Waals surface area (Å²) in [7, 11) is 0. The second kappa shape index (κ2) is 5.05. The quantitative estimate of drug-likeness (QED) is 0.733. The van der Waals surface area contributed by atoms with Crippen LogP contribution >= 0.6 is 0 Å². The molecule has 0 aromatic rings. The van der Waals surface area contributed by atoms with E-state index in [9.17, 15) is 9.90 Å². The number of ketones is 1. The van der Waals surface area contributed by atoms with Crippen LogP contribution in [-0.4, -0.2) is 17.0 Å². The van der Waals surface area contributed by atoms with Gasteiger partial charge in [0, 0.05) is 5.92 Å². The van der Waals surface area contributed by atoms with Gasteiger partial charge in [0.15, 0.2) is 5.78 Å². The Bertz CT molecular complexity index is 576. The number of rotatable bonds is 1. The van der Waals surface area contributed by atoms with Crippen molar-refractivity contribution in [1.29, 1.82) is 0 Å². The third-order valence-corrected chi connectivity index (χ3v) is 8.24. The second-order valence-electron chi connectivity index (χ2n) is 9.10. The van der Waals surface area contributed by atoms with Gasteiger partial charge in [0.05, 0.1) is 6.10 Å². The van der Waals surface area contributed by atoms with Gasteiger partial charge in [-0.3, -0.25) is 4.79 Å². The van der Waals surface area contributed by atoms with Crippen LogP contribution in [0.5, 0.6) is 0 Å². The zero-order valence-corrected chi connectivity index (χ0v) is 14.6. The smallest absolute Gasteiger partial charge is 0.159 e. The van der Waals surface area contributed by atoms with Crippen LogP contribution in [0.25, 0.3) is 0 Å². The van der Waals surface area contributed by atoms with Crippen LogP contribution in [0.3, 0.4) is 0 Å². The number of carbonyl (C=O) groups excluding carboxylic acids is 1. The standard InChI is InChI=1S/C21H30O2/c1-4-13-5-6-16-15-12-19(23)18-11-14(22)7-9-21(18,3)17(15)8-10-20(13,16)2/h4,12-14,16-18,22H,1,5-11H2,2-3H3/t13-,14-,16-,17-,18+,20+,21+/m0/s1. The molecular formula is C21H30O2. The predicted molar refractivity (Wildman–Crippen MR) is 91.8 cm³/mol. The van der Waals surface area contributed by atoms with E-state index in [0.29, 0.717) is 35.4 Å². The topological polar surface area (TPSA) is 37.3 Å². The van der Waals surface area contributed by atoms with Gasteiger partial charge in [-0.05, 0) is 79.6 Å². The van der Waals surface area contributed by atoms with Gasteiger partial charge >= 0.3 is 0 Å². The molecule has 0 aromatic heterocycles. The highest BCUT2D eigenvalue weighted by Crippen LogP contribution is 2.65. The Labute approximate surface area is 140 Å². The van der Waals surface area contributed by atoms with E-state index in [0.717, 1.165) is 12.8 Å². The van der Waals surface area contributed by atoms with Crippen molar-refractivity contribution < 1.29 is 9.90 Å². The zero-order chi connectivity index (χ0) is 16.4. The third kappa shape index (κ3) is 2.00. The summed E-state index contributed by atoms with van der Waals surface area (Å²) in [4.78, 5) is 12.9. The van der Waals surface area contributed by atoms with E-state index in [1.807, 2.05) is 6.08 Å². The number of hydrogen-bond donors (Lipinski definition) is 1. The van der Waals surface area contributed by atoms with E-state index in [1.54, 1.807) is 0 Å². The van der Waals surface area contributed by atoms with Crippen LogP contribution in [-0.2, 0) is 4.79 Å². The molecule has 0 radical (unpaired) electrons. The molecule has 7 atom stereocenters. The molecule has 3 fully saturated rings. The number of hydrogen-bond acceptors (Lipinski definition) is 2. The molecule has 23 heavy (non-hydrogen) atoms. The Morgan fingerprint density at radius 3 is 2.52 bits per heavy atom. The lowest BCUT2D eigenvalue weighted by Gasteiger charge is -2.56. The van der Waals surface area contributed by atoms with Crippen LogP contribution in [0.1, 0.15) is 58.8 Å². The molecule has 0 bridgehead atoms. The maximum atomic E-state index is 12.9. The van der Waals surface area contributed by atoms with Crippen molar-refractivity contribution in [1.82, 2.24) is 0 Å². The first kappa shape index (κ1) is 15.6. The molecule has 2 heteroatoms. The molecule has 126 valence electrons. The average molecular weight is 314 g/mol. The molecule has 0 aromatic carbocycles. The lowest BCUT2D eigenvalue weighted by molar-refractivity contribution is -0.132. The van der Waals surface area contributed by atoms with Gasteiger partial charge < -0.3 is 5.11 Å². The van der Waals surface area contributed by atoms with Crippen LogP contribution in [0.2, 0.25) is 0 Å². The van der Waals surface area contributed by atoms with E-state index in [4.69, 9.17) is 0 Å². The first-order valence-corrected chi connectivity index (χ1v) is 9.46. The van der Waals surface area contributed by atoms with Crippen molar-refractivity contribution in [2.24, 2.45) is 34.5 Å². The van der Waals surface area contributed by atoms with Gasteiger partial charge in [0.1, 0.15) is 0 Å². The summed E-state index contributed by atoms with van der Waals surface area (Å²) in [6.07, 6.45) is 11.3. The SMILES string of the molecule is C=C[C@H]1CC[C@H]2C3=CC(=O)[C@H]4C[C@@H](O)CC[C@]4(C)[C@H]3CC[C@]12C. The van der Waals surface area contributed by atoms with Crippen LogP contribution < -0.4 is 0 Å². The van der Waals surface area contributed by atoms with E-state index in [-0.39, 0.29) is 17.4 Å². The Kier molecular flexibility index (Phi) is 3.43. The molecule has 3 saturated carbocycles. The Hall–Kier alpha value is -0.890. The normalized spacial score (nSPS) is 52.2. The highest BCUT2D eigenvalue weighted by atomic mass is 16.3. The number of fused-ring (bicyclic) bond motifs is 5. The van der Waals surface area contributed by atoms with Gasteiger partial charge in [-0.1, -0.05) is 25.5 Å². The summed E-state index contributed by atoms with van der Waals surface area (Å²) in [6.45, 7) is 8.83. The summed E-state index contributed by atoms with van der Waals surface area (Å²) >= 11 is 0. The molecule has 0 unspecified atom stereocenters. The largest absolute Gasteiger partial charge is 0.393 e. The van der Waals surface area contributed by atoms with Crippen molar-refractivity contribution in [3.05, 3.63) is 24.3 Å². The predicted octanol–water partition coefficient (Wildman–Crippen LogP) is 4.29. The number of carbonyl (C=O) groups is 1. The van der Waals surface area contributed by atoms with Crippen molar-refractivity contribution in [2.75, 3.05) is 0 Å². The van der Waals surface area contributed by atoms with Gasteiger partial charge in [0.25, 0.3) is 0 Å². The summed E-state index contributed by atoms with van der Waals surface area (Å²) in [6, 6.07) is 0. The zero-order valence-electron chi connectivity index (χ0n) is 14.6. The molecule has 0 spiro atoms. The fraction of sp³-hybridized carbons (Fsp3) is 0.762. The molecule has 4 aliphatic carbocycles. The fourth-order valence-corrected chi connectivity index (χ4v) is 6.77. The Balaban J connectivity index is 1.74. The number of allylic oxidation sites excluding steroid dienone is 3. The first-order valence-electron chi connectivity index (χ1n) is 9.46. The van der Waals surface area contributed by atoms with E-state index >= 15 is 0 Å². The molecule has 1 N–H and O–H groups in total. The summed E-state index contributed by atoms with van der Waals surface area (Å²) in [5.74, 6) is 2.06. The summed E-state index contributed by atoms with van der Waals surface area (Å²) in [5, 5.41) is 10.1. The minimum atomic E-state index is -0.280. The maximum Gasteiger partial charge on any atom is 0.159 e. The van der Waals surface area contributed by atoms with Crippen LogP contribution in [0.15, 0.2) is 24.3 Å². The first-order chi connectivity index (χ1) is 10.9. The summed E-state index contributed by atoms with van der Waals surface area (Å²) in [5.41, 5.74) is 1.85. The van der Waals surface area contributed by atoms with Crippen LogP contribution in [0.4, 0.5) is 0 Å². The third-order valence-electron chi connectivity index (χ3n) is 8.24. The second-order valence-corrected chi connectivity index (χ2v) is 9.10. The number of aliphatic hydroxyl groups is 1. The highest BCUT2D eigenvalue weighted by Gasteiger charge is 2.58. The van der Waals surface area contributed by atoms with Crippen molar-refractivity contribution in [3.8, 4) is 0 Å². The number of aliphatic hydroxyl groups excluding tert-OH is 1. The highest BCUT2D eigenvalue weighted by molar-refractivity contribution is 5.94. The lowest BCUT2D eigenvalue weighted by Crippen LogP contribution is -2.52. The van der Waals surface area contributed by atoms with Crippen molar-refractivity contribution >= 4 is 5.78 Å². The Morgan fingerprint density at radius 1 is 1.09 bits per heavy atom. The minimum absolute atomic E-state index is 0.0426. The monoisotopic (exact) mass is 314 g/mol. The summed E-state index contributed by atoms with van der Waals surface area (Å²) < 4.78 is 0. The molecule has 0 amide bonds. The van der Waals surface area contributed by atoms with Gasteiger partial charge in [-0.15, -0.1) is 6.58 Å². The van der Waals surface area contributed by atoms with Gasteiger partial charge in [-0.25, -0.2) is 0 Å². The lowest BCUT2D eigenvalue weighted by atomic mass is 9.48. The van der Waals surface area contributed by atoms with Crippen molar-refractivity contribution in [2.45, 2.75) is 64.9 Å². The maximum absolute atomic E-state index is 12.9. The Morgan fingerprint density at radius 2 is 1.78 bits per heavy atom. The average Bonchev–Trinajstić information content (AvgIpc) is 2.86. The molecule has 0 saturated heterocycles.